The first-order valence-electron chi connectivity index (χ1n) is 22.7. The van der Waals surface area contributed by atoms with E-state index in [1.807, 2.05) is 6.92 Å². The molecule has 0 bridgehead atoms. The van der Waals surface area contributed by atoms with E-state index in [1.54, 1.807) is 24.4 Å². The van der Waals surface area contributed by atoms with Gasteiger partial charge in [-0.05, 0) is 24.6 Å². The van der Waals surface area contributed by atoms with Gasteiger partial charge >= 0.3 is 6.09 Å². The Labute approximate surface area is 396 Å². The first kappa shape index (κ1) is 57.3. The van der Waals surface area contributed by atoms with Crippen molar-refractivity contribution in [3.63, 3.8) is 0 Å². The fraction of sp³-hybridized carbons (Fsp3) is 0.659. The van der Waals surface area contributed by atoms with Crippen LogP contribution >= 0.6 is 0 Å². The lowest BCUT2D eigenvalue weighted by Crippen LogP contribution is -2.41. The zero-order chi connectivity index (χ0) is 48.7. The van der Waals surface area contributed by atoms with Crippen LogP contribution in [0.1, 0.15) is 25.5 Å². The Balaban J connectivity index is 0.958. The monoisotopic (exact) mass is 967 g/mol. The van der Waals surface area contributed by atoms with E-state index >= 15 is 0 Å². The molecule has 1 aromatic heterocycles. The molecule has 24 nitrogen and oxygen atoms in total. The Morgan fingerprint density at radius 2 is 1.10 bits per heavy atom. The molecule has 0 aliphatic carbocycles. The summed E-state index contributed by atoms with van der Waals surface area (Å²) in [5.41, 5.74) is 7.58. The lowest BCUT2D eigenvalue weighted by atomic mass is 10.1. The van der Waals surface area contributed by atoms with Gasteiger partial charge in [0.25, 0.3) is 17.7 Å². The molecule has 4 N–H and O–H groups in total. The first-order chi connectivity index (χ1) is 33.3. The van der Waals surface area contributed by atoms with Crippen LogP contribution in [-0.2, 0) is 76.1 Å². The second-order valence-corrected chi connectivity index (χ2v) is 14.2. The van der Waals surface area contributed by atoms with E-state index in [9.17, 15) is 24.0 Å². The van der Waals surface area contributed by atoms with E-state index in [-0.39, 0.29) is 58.4 Å². The Morgan fingerprint density at radius 1 is 0.647 bits per heavy atom. The molecule has 382 valence electrons. The van der Waals surface area contributed by atoms with E-state index in [0.717, 1.165) is 17.1 Å². The zero-order valence-corrected chi connectivity index (χ0v) is 39.1. The molecule has 3 rings (SSSR count). The summed E-state index contributed by atoms with van der Waals surface area (Å²) in [7, 11) is 0. The summed E-state index contributed by atoms with van der Waals surface area (Å²) in [5.74, 6) is -1.48. The van der Waals surface area contributed by atoms with E-state index in [2.05, 4.69) is 20.6 Å². The number of hydrogen-bond acceptors (Lipinski definition) is 20. The van der Waals surface area contributed by atoms with Crippen molar-refractivity contribution in [2.24, 2.45) is 10.7 Å². The SMILES string of the molecule is CCCN(OCCNC(=O)OCCOCCOCCOCCOCCOCCOCCOCCOCCOCCOCCNC(=O)CN1C(=O)C=CC1=O)C(=O)C1=Cc2ncccc2N=C(N)C1. The van der Waals surface area contributed by atoms with Crippen molar-refractivity contribution in [2.75, 3.05) is 172 Å². The number of pyridine rings is 1. The van der Waals surface area contributed by atoms with Crippen molar-refractivity contribution < 1.29 is 80.9 Å². The third-order valence-corrected chi connectivity index (χ3v) is 8.89. The molecular formula is C44H69N7O17. The van der Waals surface area contributed by atoms with Crippen LogP contribution in [0.4, 0.5) is 10.5 Å². The van der Waals surface area contributed by atoms with Gasteiger partial charge in [-0.25, -0.2) is 14.9 Å². The van der Waals surface area contributed by atoms with Crippen LogP contribution in [0, 0.1) is 0 Å². The predicted octanol–water partition coefficient (Wildman–Crippen LogP) is -0.0390. The van der Waals surface area contributed by atoms with Gasteiger partial charge in [0.15, 0.2) is 0 Å². The molecule has 0 fully saturated rings. The number of nitrogens with two attached hydrogens (primary N) is 1. The summed E-state index contributed by atoms with van der Waals surface area (Å²) in [6.07, 6.45) is 5.74. The second-order valence-electron chi connectivity index (χ2n) is 14.2. The molecule has 0 saturated heterocycles. The van der Waals surface area contributed by atoms with Gasteiger partial charge in [0.05, 0.1) is 150 Å². The van der Waals surface area contributed by atoms with Crippen molar-refractivity contribution in [3.05, 3.63) is 41.7 Å². The van der Waals surface area contributed by atoms with Gasteiger partial charge in [0, 0.05) is 50.0 Å². The lowest BCUT2D eigenvalue weighted by molar-refractivity contribution is -0.181. The molecule has 0 spiro atoms. The minimum atomic E-state index is -0.630. The number of nitrogens with zero attached hydrogens (tertiary/aromatic N) is 4. The number of ether oxygens (including phenoxy) is 11. The molecule has 2 aliphatic heterocycles. The molecule has 0 saturated carbocycles. The number of carbonyl (C=O) groups excluding carboxylic acids is 5. The Hall–Kier alpha value is -4.99. The molecule has 0 atom stereocenters. The molecule has 3 heterocycles. The summed E-state index contributed by atoms with van der Waals surface area (Å²) in [6, 6.07) is 3.53. The minimum Gasteiger partial charge on any atom is -0.447 e. The maximum atomic E-state index is 13.2. The number of amidine groups is 1. The summed E-state index contributed by atoms with van der Waals surface area (Å²) in [4.78, 5) is 75.2. The fourth-order valence-electron chi connectivity index (χ4n) is 5.63. The quantitative estimate of drug-likeness (QED) is 0.0440. The van der Waals surface area contributed by atoms with Crippen LogP contribution < -0.4 is 16.4 Å². The minimum absolute atomic E-state index is 0.0515. The van der Waals surface area contributed by atoms with Gasteiger partial charge in [-0.15, -0.1) is 0 Å². The van der Waals surface area contributed by atoms with Gasteiger partial charge in [-0.1, -0.05) is 6.92 Å². The highest BCUT2D eigenvalue weighted by Crippen LogP contribution is 2.25. The van der Waals surface area contributed by atoms with E-state index in [4.69, 9.17) is 62.7 Å². The average Bonchev–Trinajstić information content (AvgIpc) is 3.53. The molecule has 1 aromatic rings. The number of hydrogen-bond donors (Lipinski definition) is 3. The fourth-order valence-corrected chi connectivity index (χ4v) is 5.63. The van der Waals surface area contributed by atoms with Gasteiger partial charge in [0.2, 0.25) is 5.91 Å². The molecule has 2 aliphatic rings. The second kappa shape index (κ2) is 37.9. The van der Waals surface area contributed by atoms with E-state index < -0.39 is 23.8 Å². The van der Waals surface area contributed by atoms with Crippen molar-refractivity contribution in [3.8, 4) is 0 Å². The van der Waals surface area contributed by atoms with Crippen molar-refractivity contribution in [2.45, 2.75) is 19.8 Å². The van der Waals surface area contributed by atoms with Gasteiger partial charge < -0.3 is 68.5 Å². The average molecular weight is 968 g/mol. The van der Waals surface area contributed by atoms with Gasteiger partial charge in [-0.2, -0.15) is 0 Å². The summed E-state index contributed by atoms with van der Waals surface area (Å²) in [6.45, 7) is 10.4. The topological polar surface area (TPSA) is 278 Å². The molecule has 24 heteroatoms. The smallest absolute Gasteiger partial charge is 0.407 e. The number of rotatable bonds is 42. The third kappa shape index (κ3) is 27.1. The first-order valence-corrected chi connectivity index (χ1v) is 22.7. The standard InChI is InChI=1S/C44H69N7O17/c1-2-10-51(43(55)36-33-38-37(4-3-7-46-38)49-39(45)34-36)68-12-9-48-44(56)67-32-31-66-30-29-65-28-27-64-26-25-63-24-23-62-22-21-61-20-19-60-18-17-59-16-15-58-14-13-57-11-8-47-40(52)35-50-41(53)5-6-42(50)54/h3-7,33H,2,8-32,34-35H2,1H3,(H2,45,49)(H,47,52)(H,48,56). The van der Waals surface area contributed by atoms with Crippen molar-refractivity contribution in [1.29, 1.82) is 0 Å². The Bertz CT molecular complexity index is 1680. The van der Waals surface area contributed by atoms with Gasteiger partial charge in [-0.3, -0.25) is 33.9 Å². The molecular weight excluding hydrogens is 899 g/mol. The van der Waals surface area contributed by atoms with Crippen molar-refractivity contribution >= 4 is 47.3 Å². The Kier molecular flexibility index (Phi) is 32.0. The molecule has 0 unspecified atom stereocenters. The number of aromatic nitrogens is 1. The highest BCUT2D eigenvalue weighted by Gasteiger charge is 2.25. The van der Waals surface area contributed by atoms with E-state index in [0.29, 0.717) is 155 Å². The molecule has 5 amide bonds. The number of imide groups is 1. The number of aliphatic imine (C=N–C) groups is 1. The largest absolute Gasteiger partial charge is 0.447 e. The number of nitrogens with one attached hydrogen (secondary N) is 2. The number of fused-ring (bicyclic) bond motifs is 1. The van der Waals surface area contributed by atoms with Crippen LogP contribution in [0.15, 0.2) is 41.0 Å². The van der Waals surface area contributed by atoms with Crippen molar-refractivity contribution in [1.82, 2.24) is 25.6 Å². The van der Waals surface area contributed by atoms with Crippen LogP contribution in [0.2, 0.25) is 0 Å². The predicted molar refractivity (Wildman–Crippen MR) is 242 cm³/mol. The van der Waals surface area contributed by atoms with Crippen LogP contribution in [0.5, 0.6) is 0 Å². The molecule has 0 aromatic carbocycles. The number of amides is 5. The van der Waals surface area contributed by atoms with Gasteiger partial charge in [0.1, 0.15) is 19.0 Å². The maximum absolute atomic E-state index is 13.2. The van der Waals surface area contributed by atoms with Crippen LogP contribution in [0.25, 0.3) is 6.08 Å². The summed E-state index contributed by atoms with van der Waals surface area (Å²) >= 11 is 0. The number of alkyl carbamates (subject to hydrolysis) is 1. The molecule has 0 radical (unpaired) electrons. The highest BCUT2D eigenvalue weighted by atomic mass is 16.7. The summed E-state index contributed by atoms with van der Waals surface area (Å²) < 4.78 is 59.7. The van der Waals surface area contributed by atoms with Crippen LogP contribution in [-0.4, -0.2) is 222 Å². The maximum Gasteiger partial charge on any atom is 0.407 e. The number of hydroxylamine groups is 2. The molecule has 68 heavy (non-hydrogen) atoms. The number of carbonyl (C=O) groups is 5. The van der Waals surface area contributed by atoms with E-state index in [1.165, 1.54) is 5.06 Å². The lowest BCUT2D eigenvalue weighted by Gasteiger charge is -2.22. The third-order valence-electron chi connectivity index (χ3n) is 8.89. The normalized spacial score (nSPS) is 13.3. The zero-order valence-electron chi connectivity index (χ0n) is 39.1. The van der Waals surface area contributed by atoms with Crippen LogP contribution in [0.3, 0.4) is 0 Å². The highest BCUT2D eigenvalue weighted by molar-refractivity contribution is 6.14. The summed E-state index contributed by atoms with van der Waals surface area (Å²) in [5, 5.41) is 6.43. The Morgan fingerprint density at radius 3 is 1.59 bits per heavy atom.